The average molecular weight is 255 g/mol. The molecule has 0 aliphatic heterocycles. The average Bonchev–Trinajstić information content (AvgIpc) is 2.44. The van der Waals surface area contributed by atoms with Gasteiger partial charge in [-0.15, -0.1) is 0 Å². The molecule has 0 aliphatic carbocycles. The normalized spacial score (nSPS) is 10.7. The maximum Gasteiger partial charge on any atom is 0.137 e. The summed E-state index contributed by atoms with van der Waals surface area (Å²) in [5, 5.41) is 2.31. The molecule has 0 spiro atoms. The Morgan fingerprint density at radius 1 is 0.833 bits per heavy atom. The van der Waals surface area contributed by atoms with Crippen molar-refractivity contribution in [3.63, 3.8) is 0 Å². The van der Waals surface area contributed by atoms with Gasteiger partial charge in [-0.1, -0.05) is 66.2 Å². The fourth-order valence-electron chi connectivity index (χ4n) is 2.06. The molecule has 3 aromatic rings. The van der Waals surface area contributed by atoms with Gasteiger partial charge in [-0.2, -0.15) is 0 Å². The first kappa shape index (κ1) is 11.1. The smallest absolute Gasteiger partial charge is 0.137 e. The minimum absolute atomic E-state index is 0.485. The van der Waals surface area contributed by atoms with Gasteiger partial charge < -0.3 is 5.73 Å². The Balaban J connectivity index is 2.35. The SMILES string of the molecule is Nc1c(-c2ccccc2)nc(Cl)c2ccccc12. The first-order chi connectivity index (χ1) is 8.77. The van der Waals surface area contributed by atoms with Gasteiger partial charge in [0.2, 0.25) is 0 Å². The topological polar surface area (TPSA) is 38.9 Å². The number of pyridine rings is 1. The summed E-state index contributed by atoms with van der Waals surface area (Å²) in [6, 6.07) is 17.6. The van der Waals surface area contributed by atoms with Crippen molar-refractivity contribution in [1.29, 1.82) is 0 Å². The summed E-state index contributed by atoms with van der Waals surface area (Å²) in [6.07, 6.45) is 0. The van der Waals surface area contributed by atoms with E-state index in [9.17, 15) is 0 Å². The minimum Gasteiger partial charge on any atom is -0.396 e. The lowest BCUT2D eigenvalue weighted by atomic mass is 10.1. The van der Waals surface area contributed by atoms with Gasteiger partial charge in [0.1, 0.15) is 5.15 Å². The molecule has 0 bridgehead atoms. The summed E-state index contributed by atoms with van der Waals surface area (Å²) in [4.78, 5) is 4.41. The summed E-state index contributed by atoms with van der Waals surface area (Å²) in [5.41, 5.74) is 8.58. The summed E-state index contributed by atoms with van der Waals surface area (Å²) < 4.78 is 0. The summed E-state index contributed by atoms with van der Waals surface area (Å²) >= 11 is 6.22. The van der Waals surface area contributed by atoms with Gasteiger partial charge in [0, 0.05) is 16.3 Å². The fraction of sp³-hybridized carbons (Fsp3) is 0. The van der Waals surface area contributed by atoms with Crippen molar-refractivity contribution in [2.75, 3.05) is 5.73 Å². The van der Waals surface area contributed by atoms with Crippen molar-refractivity contribution in [3.05, 3.63) is 59.8 Å². The van der Waals surface area contributed by atoms with E-state index >= 15 is 0 Å². The van der Waals surface area contributed by atoms with Crippen molar-refractivity contribution < 1.29 is 0 Å². The van der Waals surface area contributed by atoms with Crippen LogP contribution in [0.2, 0.25) is 5.15 Å². The van der Waals surface area contributed by atoms with E-state index < -0.39 is 0 Å². The van der Waals surface area contributed by atoms with Gasteiger partial charge >= 0.3 is 0 Å². The maximum absolute atomic E-state index is 6.22. The quantitative estimate of drug-likeness (QED) is 0.663. The highest BCUT2D eigenvalue weighted by atomic mass is 35.5. The van der Waals surface area contributed by atoms with Gasteiger partial charge in [-0.3, -0.25) is 0 Å². The van der Waals surface area contributed by atoms with E-state index in [1.54, 1.807) is 0 Å². The zero-order valence-corrected chi connectivity index (χ0v) is 10.4. The first-order valence-electron chi connectivity index (χ1n) is 5.66. The second-order valence-corrected chi connectivity index (χ2v) is 4.43. The molecule has 2 nitrogen and oxygen atoms in total. The first-order valence-corrected chi connectivity index (χ1v) is 6.04. The van der Waals surface area contributed by atoms with E-state index in [0.717, 1.165) is 22.0 Å². The Labute approximate surface area is 110 Å². The predicted octanol–water partition coefficient (Wildman–Crippen LogP) is 4.14. The largest absolute Gasteiger partial charge is 0.396 e. The molecule has 0 saturated heterocycles. The third-order valence-corrected chi connectivity index (χ3v) is 3.24. The lowest BCUT2D eigenvalue weighted by Crippen LogP contribution is -1.96. The number of benzene rings is 2. The summed E-state index contributed by atoms with van der Waals surface area (Å²) in [5.74, 6) is 0. The Kier molecular flexibility index (Phi) is 2.65. The zero-order valence-electron chi connectivity index (χ0n) is 9.60. The van der Waals surface area contributed by atoms with Gasteiger partial charge in [0.25, 0.3) is 0 Å². The van der Waals surface area contributed by atoms with E-state index in [2.05, 4.69) is 4.98 Å². The molecule has 3 heteroatoms. The molecule has 0 amide bonds. The highest BCUT2D eigenvalue weighted by Gasteiger charge is 2.11. The summed E-state index contributed by atoms with van der Waals surface area (Å²) in [7, 11) is 0. The van der Waals surface area contributed by atoms with E-state index in [4.69, 9.17) is 17.3 Å². The second-order valence-electron chi connectivity index (χ2n) is 4.08. The molecule has 0 saturated carbocycles. The van der Waals surface area contributed by atoms with E-state index in [1.807, 2.05) is 54.6 Å². The second kappa shape index (κ2) is 4.31. The number of halogens is 1. The number of aromatic nitrogens is 1. The number of nitrogens with two attached hydrogens (primary N) is 1. The van der Waals surface area contributed by atoms with Crippen LogP contribution in [0.1, 0.15) is 0 Å². The molecule has 2 N–H and O–H groups in total. The summed E-state index contributed by atoms with van der Waals surface area (Å²) in [6.45, 7) is 0. The number of nitrogen functional groups attached to an aromatic ring is 1. The van der Waals surface area contributed by atoms with Crippen LogP contribution in [0.15, 0.2) is 54.6 Å². The molecular weight excluding hydrogens is 244 g/mol. The maximum atomic E-state index is 6.22. The monoisotopic (exact) mass is 254 g/mol. The highest BCUT2D eigenvalue weighted by molar-refractivity contribution is 6.35. The van der Waals surface area contributed by atoms with Crippen molar-refractivity contribution in [1.82, 2.24) is 4.98 Å². The van der Waals surface area contributed by atoms with Crippen LogP contribution in [0, 0.1) is 0 Å². The molecule has 3 rings (SSSR count). The Hall–Kier alpha value is -2.06. The van der Waals surface area contributed by atoms with Crippen LogP contribution in [0.25, 0.3) is 22.0 Å². The Morgan fingerprint density at radius 3 is 2.17 bits per heavy atom. The van der Waals surface area contributed by atoms with Crippen LogP contribution in [0.5, 0.6) is 0 Å². The third kappa shape index (κ3) is 1.71. The molecule has 1 aromatic heterocycles. The van der Waals surface area contributed by atoms with E-state index in [1.165, 1.54) is 0 Å². The van der Waals surface area contributed by atoms with E-state index in [0.29, 0.717) is 10.8 Å². The molecular formula is C15H11ClN2. The van der Waals surface area contributed by atoms with Crippen molar-refractivity contribution in [2.45, 2.75) is 0 Å². The Morgan fingerprint density at radius 2 is 1.44 bits per heavy atom. The van der Waals surface area contributed by atoms with Crippen LogP contribution in [0.4, 0.5) is 5.69 Å². The molecule has 0 fully saturated rings. The van der Waals surface area contributed by atoms with Gasteiger partial charge in [0.05, 0.1) is 11.4 Å². The number of hydrogen-bond donors (Lipinski definition) is 1. The molecule has 0 radical (unpaired) electrons. The fourth-order valence-corrected chi connectivity index (χ4v) is 2.31. The van der Waals surface area contributed by atoms with Crippen molar-refractivity contribution in [2.24, 2.45) is 0 Å². The van der Waals surface area contributed by atoms with Crippen molar-refractivity contribution >= 4 is 28.1 Å². The molecule has 1 heterocycles. The lowest BCUT2D eigenvalue weighted by Gasteiger charge is -2.09. The zero-order chi connectivity index (χ0) is 12.5. The number of anilines is 1. The van der Waals surface area contributed by atoms with Crippen molar-refractivity contribution in [3.8, 4) is 11.3 Å². The van der Waals surface area contributed by atoms with Crippen LogP contribution >= 0.6 is 11.6 Å². The molecule has 18 heavy (non-hydrogen) atoms. The molecule has 2 aromatic carbocycles. The standard InChI is InChI=1S/C15H11ClN2/c16-15-12-9-5-4-8-11(12)13(17)14(18-15)10-6-2-1-3-7-10/h1-9H,17H2. The number of fused-ring (bicyclic) bond motifs is 1. The number of nitrogens with zero attached hydrogens (tertiary/aromatic N) is 1. The van der Waals surface area contributed by atoms with Gasteiger partial charge in [0.15, 0.2) is 0 Å². The van der Waals surface area contributed by atoms with E-state index in [-0.39, 0.29) is 0 Å². The van der Waals surface area contributed by atoms with Crippen LogP contribution in [-0.2, 0) is 0 Å². The molecule has 0 unspecified atom stereocenters. The minimum atomic E-state index is 0.485. The number of rotatable bonds is 1. The van der Waals surface area contributed by atoms with Crippen LogP contribution in [0.3, 0.4) is 0 Å². The van der Waals surface area contributed by atoms with Crippen LogP contribution in [-0.4, -0.2) is 4.98 Å². The third-order valence-electron chi connectivity index (χ3n) is 2.95. The van der Waals surface area contributed by atoms with Crippen LogP contribution < -0.4 is 5.73 Å². The predicted molar refractivity (Wildman–Crippen MR) is 76.6 cm³/mol. The van der Waals surface area contributed by atoms with Gasteiger partial charge in [-0.25, -0.2) is 4.98 Å². The highest BCUT2D eigenvalue weighted by Crippen LogP contribution is 2.34. The number of hydrogen-bond acceptors (Lipinski definition) is 2. The molecule has 0 aliphatic rings. The van der Waals surface area contributed by atoms with Gasteiger partial charge in [-0.05, 0) is 0 Å². The lowest BCUT2D eigenvalue weighted by molar-refractivity contribution is 1.36. The molecule has 0 atom stereocenters. The molecule has 88 valence electrons. The Bertz CT molecular complexity index is 708.